The van der Waals surface area contributed by atoms with Gasteiger partial charge < -0.3 is 15.4 Å². The van der Waals surface area contributed by atoms with Crippen molar-refractivity contribution in [3.05, 3.63) is 59.7 Å². The molecule has 7 heteroatoms. The van der Waals surface area contributed by atoms with Crippen LogP contribution in [0.1, 0.15) is 25.0 Å². The van der Waals surface area contributed by atoms with Crippen molar-refractivity contribution in [1.29, 1.82) is 0 Å². The van der Waals surface area contributed by atoms with E-state index in [9.17, 15) is 13.2 Å². The summed E-state index contributed by atoms with van der Waals surface area (Å²) in [6.45, 7) is 4.35. The molecule has 2 aromatic rings. The van der Waals surface area contributed by atoms with Gasteiger partial charge in [-0.1, -0.05) is 18.2 Å². The Morgan fingerprint density at radius 1 is 1.12 bits per heavy atom. The van der Waals surface area contributed by atoms with E-state index in [1.165, 1.54) is 12.1 Å². The number of alkyl halides is 3. The highest BCUT2D eigenvalue weighted by Crippen LogP contribution is 2.30. The molecule has 2 rings (SSSR count). The van der Waals surface area contributed by atoms with Gasteiger partial charge in [-0.3, -0.25) is 0 Å². The first-order chi connectivity index (χ1) is 11.7. The second-order valence-electron chi connectivity index (χ2n) is 5.70. The molecular weight excluding hydrogens is 349 g/mol. The predicted octanol–water partition coefficient (Wildman–Crippen LogP) is 4.98. The summed E-state index contributed by atoms with van der Waals surface area (Å²) in [6.07, 6.45) is -4.28. The Hall–Kier alpha value is -2.28. The number of thiocarbonyl (C=S) groups is 1. The quantitative estimate of drug-likeness (QED) is 0.730. The average Bonchev–Trinajstić information content (AvgIpc) is 2.53. The minimum absolute atomic E-state index is 0.105. The van der Waals surface area contributed by atoms with E-state index in [0.717, 1.165) is 23.4 Å². The lowest BCUT2D eigenvalue weighted by atomic mass is 10.2. The first-order valence-corrected chi connectivity index (χ1v) is 8.12. The molecular formula is C18H19F3N2OS. The Morgan fingerprint density at radius 2 is 1.80 bits per heavy atom. The molecule has 0 aliphatic heterocycles. The Balaban J connectivity index is 1.88. The van der Waals surface area contributed by atoms with Crippen molar-refractivity contribution in [2.75, 3.05) is 5.32 Å². The standard InChI is InChI=1S/C18H19F3N2OS/c1-12(2)24-16-8-6-13(7-9-16)11-22-17(25)23-15-5-3-4-14(10-15)18(19,20)21/h3-10,12H,11H2,1-2H3,(H2,22,23,25). The van der Waals surface area contributed by atoms with Crippen molar-refractivity contribution in [2.45, 2.75) is 32.7 Å². The van der Waals surface area contributed by atoms with Crippen molar-refractivity contribution in [2.24, 2.45) is 0 Å². The van der Waals surface area contributed by atoms with Crippen LogP contribution in [-0.4, -0.2) is 11.2 Å². The number of hydrogen-bond acceptors (Lipinski definition) is 2. The van der Waals surface area contributed by atoms with E-state index in [-0.39, 0.29) is 16.9 Å². The van der Waals surface area contributed by atoms with E-state index >= 15 is 0 Å². The van der Waals surface area contributed by atoms with Crippen molar-refractivity contribution < 1.29 is 17.9 Å². The van der Waals surface area contributed by atoms with E-state index in [0.29, 0.717) is 6.54 Å². The highest BCUT2D eigenvalue weighted by molar-refractivity contribution is 7.80. The molecule has 0 atom stereocenters. The van der Waals surface area contributed by atoms with Crippen molar-refractivity contribution >= 4 is 23.0 Å². The van der Waals surface area contributed by atoms with Gasteiger partial charge in [0.1, 0.15) is 5.75 Å². The van der Waals surface area contributed by atoms with Crippen LogP contribution in [0.25, 0.3) is 0 Å². The molecule has 0 fully saturated rings. The topological polar surface area (TPSA) is 33.3 Å². The molecule has 0 amide bonds. The van der Waals surface area contributed by atoms with E-state index in [1.54, 1.807) is 0 Å². The number of nitrogens with one attached hydrogen (secondary N) is 2. The van der Waals surface area contributed by atoms with Crippen LogP contribution in [0.5, 0.6) is 5.75 Å². The number of benzene rings is 2. The van der Waals surface area contributed by atoms with Gasteiger partial charge in [0, 0.05) is 12.2 Å². The van der Waals surface area contributed by atoms with Crippen molar-refractivity contribution in [3.8, 4) is 5.75 Å². The molecule has 25 heavy (non-hydrogen) atoms. The maximum atomic E-state index is 12.7. The molecule has 3 nitrogen and oxygen atoms in total. The fourth-order valence-electron chi connectivity index (χ4n) is 2.09. The summed E-state index contributed by atoms with van der Waals surface area (Å²) in [4.78, 5) is 0. The van der Waals surface area contributed by atoms with Crippen LogP contribution in [0.15, 0.2) is 48.5 Å². The van der Waals surface area contributed by atoms with Gasteiger partial charge >= 0.3 is 6.18 Å². The molecule has 0 radical (unpaired) electrons. The van der Waals surface area contributed by atoms with Crippen LogP contribution in [0.4, 0.5) is 18.9 Å². The molecule has 0 bridgehead atoms. The van der Waals surface area contributed by atoms with E-state index in [4.69, 9.17) is 17.0 Å². The second kappa shape index (κ2) is 8.20. The Kier molecular flexibility index (Phi) is 6.25. The second-order valence-corrected chi connectivity index (χ2v) is 6.11. The van der Waals surface area contributed by atoms with E-state index in [1.807, 2.05) is 38.1 Å². The zero-order valence-electron chi connectivity index (χ0n) is 13.9. The monoisotopic (exact) mass is 368 g/mol. The average molecular weight is 368 g/mol. The van der Waals surface area contributed by atoms with Gasteiger partial charge in [0.05, 0.1) is 11.7 Å². The van der Waals surface area contributed by atoms with Crippen LogP contribution in [0.2, 0.25) is 0 Å². The van der Waals surface area contributed by atoms with Gasteiger partial charge in [-0.2, -0.15) is 13.2 Å². The highest BCUT2D eigenvalue weighted by Gasteiger charge is 2.30. The molecule has 2 aromatic carbocycles. The molecule has 0 saturated carbocycles. The molecule has 134 valence electrons. The molecule has 0 aliphatic rings. The number of hydrogen-bond donors (Lipinski definition) is 2. The van der Waals surface area contributed by atoms with Crippen LogP contribution in [-0.2, 0) is 12.7 Å². The molecule has 0 saturated heterocycles. The largest absolute Gasteiger partial charge is 0.491 e. The number of rotatable bonds is 5. The zero-order valence-corrected chi connectivity index (χ0v) is 14.7. The summed E-state index contributed by atoms with van der Waals surface area (Å²) in [5.41, 5.74) is 0.540. The third-order valence-corrected chi connectivity index (χ3v) is 3.44. The molecule has 0 aromatic heterocycles. The van der Waals surface area contributed by atoms with Gasteiger partial charge in [0.15, 0.2) is 5.11 Å². The number of anilines is 1. The number of halogens is 3. The fraction of sp³-hybridized carbons (Fsp3) is 0.278. The van der Waals surface area contributed by atoms with Crippen LogP contribution < -0.4 is 15.4 Å². The molecule has 0 heterocycles. The summed E-state index contributed by atoms with van der Waals surface area (Å²) in [7, 11) is 0. The minimum Gasteiger partial charge on any atom is -0.491 e. The maximum absolute atomic E-state index is 12.7. The highest BCUT2D eigenvalue weighted by atomic mass is 32.1. The SMILES string of the molecule is CC(C)Oc1ccc(CNC(=S)Nc2cccc(C(F)(F)F)c2)cc1. The summed E-state index contributed by atoms with van der Waals surface area (Å²) >= 11 is 5.13. The van der Waals surface area contributed by atoms with Crippen molar-refractivity contribution in [3.63, 3.8) is 0 Å². The minimum atomic E-state index is -4.38. The lowest BCUT2D eigenvalue weighted by molar-refractivity contribution is -0.137. The van der Waals surface area contributed by atoms with Gasteiger partial charge in [-0.25, -0.2) is 0 Å². The van der Waals surface area contributed by atoms with Gasteiger partial charge in [-0.05, 0) is 62.0 Å². The molecule has 2 N–H and O–H groups in total. The first kappa shape index (κ1) is 19.1. The Bertz CT molecular complexity index is 715. The third-order valence-electron chi connectivity index (χ3n) is 3.20. The third kappa shape index (κ3) is 6.26. The summed E-state index contributed by atoms with van der Waals surface area (Å²) in [6, 6.07) is 12.4. The van der Waals surface area contributed by atoms with Crippen molar-refractivity contribution in [1.82, 2.24) is 5.32 Å². The smallest absolute Gasteiger partial charge is 0.416 e. The van der Waals surface area contributed by atoms with E-state index in [2.05, 4.69) is 10.6 Å². The first-order valence-electron chi connectivity index (χ1n) is 7.72. The summed E-state index contributed by atoms with van der Waals surface area (Å²) in [5.74, 6) is 0.781. The predicted molar refractivity (Wildman–Crippen MR) is 96.7 cm³/mol. The van der Waals surface area contributed by atoms with Gasteiger partial charge in [0.25, 0.3) is 0 Å². The van der Waals surface area contributed by atoms with Crippen LogP contribution in [0.3, 0.4) is 0 Å². The normalized spacial score (nSPS) is 11.3. The number of ether oxygens (including phenoxy) is 1. The van der Waals surface area contributed by atoms with Gasteiger partial charge in [-0.15, -0.1) is 0 Å². The molecule has 0 aliphatic carbocycles. The van der Waals surface area contributed by atoms with E-state index < -0.39 is 11.7 Å². The lowest BCUT2D eigenvalue weighted by Gasteiger charge is -2.13. The zero-order chi connectivity index (χ0) is 18.4. The summed E-state index contributed by atoms with van der Waals surface area (Å²) in [5, 5.41) is 5.97. The summed E-state index contributed by atoms with van der Waals surface area (Å²) < 4.78 is 43.7. The Morgan fingerprint density at radius 3 is 2.40 bits per heavy atom. The molecule has 0 unspecified atom stereocenters. The Labute approximate surface area is 150 Å². The van der Waals surface area contributed by atoms with Crippen LogP contribution >= 0.6 is 12.2 Å². The van der Waals surface area contributed by atoms with Crippen LogP contribution in [0, 0.1) is 0 Å². The fourth-order valence-corrected chi connectivity index (χ4v) is 2.28. The van der Waals surface area contributed by atoms with Gasteiger partial charge in [0.2, 0.25) is 0 Å². The maximum Gasteiger partial charge on any atom is 0.416 e. The lowest BCUT2D eigenvalue weighted by Crippen LogP contribution is -2.28. The molecule has 0 spiro atoms.